The zero-order chi connectivity index (χ0) is 3.54. The number of aromatic nitrogens is 1. The predicted molar refractivity (Wildman–Crippen MR) is 22.1 cm³/mol. The van der Waals surface area contributed by atoms with Gasteiger partial charge in [0.15, 0.2) is 0 Å². The largest absolute Gasteiger partial charge is 3.00 e. The zero-order valence-electron chi connectivity index (χ0n) is 2.92. The van der Waals surface area contributed by atoms with E-state index in [4.69, 9.17) is 0 Å². The van der Waals surface area contributed by atoms with Crippen LogP contribution in [-0.2, 0) is 20.1 Å². The molecule has 3 heteroatoms. The molecule has 0 aromatic carbocycles. The van der Waals surface area contributed by atoms with Gasteiger partial charge in [0, 0.05) is 11.6 Å². The first-order chi connectivity index (χ1) is 2.50. The molecule has 0 bridgehead atoms. The smallest absolute Gasteiger partial charge is 0.253 e. The Hall–Kier alpha value is 0.279. The van der Waals surface area contributed by atoms with E-state index in [9.17, 15) is 0 Å². The van der Waals surface area contributed by atoms with Gasteiger partial charge in [-0.2, -0.15) is 0 Å². The first kappa shape index (κ1) is 6.28. The molecule has 0 aliphatic rings. The summed E-state index contributed by atoms with van der Waals surface area (Å²) in [7, 11) is 0. The van der Waals surface area contributed by atoms with Crippen molar-refractivity contribution < 1.29 is 20.1 Å². The van der Waals surface area contributed by atoms with Crippen LogP contribution in [0.15, 0.2) is 17.1 Å². The number of rotatable bonds is 0. The maximum Gasteiger partial charge on any atom is 3.00 e. The van der Waals surface area contributed by atoms with Crippen LogP contribution in [0.5, 0.6) is 0 Å². The van der Waals surface area contributed by atoms with E-state index in [0.29, 0.717) is 0 Å². The molecule has 1 aromatic rings. The molecular formula is C3H3IrNS+3. The minimum atomic E-state index is 0. The molecule has 0 saturated heterocycles. The molecule has 1 rings (SSSR count). The molecule has 0 spiro atoms. The molecule has 1 nitrogen and oxygen atoms in total. The Balaban J connectivity index is 0.000000250. The Bertz CT molecular complexity index is 67.3. The van der Waals surface area contributed by atoms with Gasteiger partial charge in [0.2, 0.25) is 0 Å². The summed E-state index contributed by atoms with van der Waals surface area (Å²) in [6.07, 6.45) is 1.77. The maximum absolute atomic E-state index is 3.74. The van der Waals surface area contributed by atoms with Crippen molar-refractivity contribution in [2.45, 2.75) is 0 Å². The molecule has 0 aliphatic carbocycles. The summed E-state index contributed by atoms with van der Waals surface area (Å²) in [5.41, 5.74) is 1.79. The van der Waals surface area contributed by atoms with E-state index < -0.39 is 0 Å². The summed E-state index contributed by atoms with van der Waals surface area (Å²) in [6.45, 7) is 0. The monoisotopic (exact) mass is 278 g/mol. The second-order valence-electron chi connectivity index (χ2n) is 0.676. The molecule has 0 N–H and O–H groups in total. The van der Waals surface area contributed by atoms with Crippen LogP contribution in [0.25, 0.3) is 0 Å². The van der Waals surface area contributed by atoms with Gasteiger partial charge in [-0.1, -0.05) is 0 Å². The fraction of sp³-hybridized carbons (Fsp3) is 0. The normalized spacial score (nSPS) is 6.67. The maximum atomic E-state index is 3.74. The minimum Gasteiger partial charge on any atom is -0.253 e. The van der Waals surface area contributed by atoms with Crippen LogP contribution in [0.4, 0.5) is 0 Å². The van der Waals surface area contributed by atoms with Crippen LogP contribution in [0.2, 0.25) is 0 Å². The van der Waals surface area contributed by atoms with Crippen LogP contribution >= 0.6 is 11.3 Å². The van der Waals surface area contributed by atoms with Crippen LogP contribution < -0.4 is 0 Å². The first-order valence-corrected chi connectivity index (χ1v) is 2.26. The van der Waals surface area contributed by atoms with Gasteiger partial charge >= 0.3 is 20.1 Å². The van der Waals surface area contributed by atoms with E-state index in [-0.39, 0.29) is 20.1 Å². The van der Waals surface area contributed by atoms with Gasteiger partial charge in [-0.05, 0) is 0 Å². The SMILES string of the molecule is [Ir+3].c1cscn1. The molecule has 0 aliphatic heterocycles. The Labute approximate surface area is 53.8 Å². The van der Waals surface area contributed by atoms with Gasteiger partial charge in [-0.25, -0.2) is 0 Å². The summed E-state index contributed by atoms with van der Waals surface area (Å²) in [5.74, 6) is 0. The summed E-state index contributed by atoms with van der Waals surface area (Å²) in [5, 5.41) is 1.93. The summed E-state index contributed by atoms with van der Waals surface area (Å²) in [4.78, 5) is 3.74. The van der Waals surface area contributed by atoms with Crippen molar-refractivity contribution in [2.24, 2.45) is 0 Å². The molecule has 6 heavy (non-hydrogen) atoms. The molecule has 0 amide bonds. The van der Waals surface area contributed by atoms with Crippen molar-refractivity contribution in [3.63, 3.8) is 0 Å². The van der Waals surface area contributed by atoms with Gasteiger partial charge in [0.05, 0.1) is 5.51 Å². The van der Waals surface area contributed by atoms with Crippen LogP contribution in [0.1, 0.15) is 0 Å². The standard InChI is InChI=1S/C3H3NS.Ir/c1-2-5-3-4-1;/h1-3H;/q;+3. The van der Waals surface area contributed by atoms with Crippen molar-refractivity contribution in [1.82, 2.24) is 4.98 Å². The van der Waals surface area contributed by atoms with Crippen LogP contribution in [-0.4, -0.2) is 4.98 Å². The van der Waals surface area contributed by atoms with Crippen molar-refractivity contribution in [3.8, 4) is 0 Å². The van der Waals surface area contributed by atoms with E-state index >= 15 is 0 Å². The van der Waals surface area contributed by atoms with E-state index in [0.717, 1.165) is 0 Å². The molecule has 1 heterocycles. The molecule has 0 saturated carbocycles. The Kier molecular flexibility index (Phi) is 3.63. The molecule has 32 valence electrons. The van der Waals surface area contributed by atoms with Crippen molar-refractivity contribution in [2.75, 3.05) is 0 Å². The van der Waals surface area contributed by atoms with E-state index in [1.165, 1.54) is 0 Å². The number of hydrogen-bond donors (Lipinski definition) is 0. The molecular weight excluding hydrogens is 274 g/mol. The van der Waals surface area contributed by atoms with E-state index in [1.807, 2.05) is 5.38 Å². The summed E-state index contributed by atoms with van der Waals surface area (Å²) < 4.78 is 0. The molecule has 0 radical (unpaired) electrons. The first-order valence-electron chi connectivity index (χ1n) is 1.32. The Morgan fingerprint density at radius 1 is 1.50 bits per heavy atom. The Morgan fingerprint density at radius 2 is 2.33 bits per heavy atom. The average Bonchev–Trinajstić information content (AvgIpc) is 1.76. The average molecular weight is 277 g/mol. The quantitative estimate of drug-likeness (QED) is 0.693. The van der Waals surface area contributed by atoms with Gasteiger partial charge in [-0.3, -0.25) is 4.98 Å². The Morgan fingerprint density at radius 3 is 2.50 bits per heavy atom. The second kappa shape index (κ2) is 3.47. The third-order valence-electron chi connectivity index (χ3n) is 0.347. The number of nitrogens with zero attached hydrogens (tertiary/aromatic N) is 1. The molecule has 0 unspecified atom stereocenters. The molecule has 0 fully saturated rings. The van der Waals surface area contributed by atoms with E-state index in [2.05, 4.69) is 4.98 Å². The second-order valence-corrected chi connectivity index (χ2v) is 1.43. The third-order valence-corrected chi connectivity index (χ3v) is 0.869. The van der Waals surface area contributed by atoms with Crippen molar-refractivity contribution >= 4 is 11.3 Å². The van der Waals surface area contributed by atoms with Crippen LogP contribution in [0, 0.1) is 0 Å². The number of thiazole rings is 1. The minimum absolute atomic E-state index is 0. The third kappa shape index (κ3) is 1.65. The number of hydrogen-bond acceptors (Lipinski definition) is 2. The molecule has 1 aromatic heterocycles. The molecule has 0 atom stereocenters. The zero-order valence-corrected chi connectivity index (χ0v) is 6.13. The van der Waals surface area contributed by atoms with Crippen LogP contribution in [0.3, 0.4) is 0 Å². The van der Waals surface area contributed by atoms with Gasteiger partial charge in [-0.15, -0.1) is 11.3 Å². The predicted octanol–water partition coefficient (Wildman–Crippen LogP) is 1.14. The fourth-order valence-electron chi connectivity index (χ4n) is 0.176. The van der Waals surface area contributed by atoms with E-state index in [1.54, 1.807) is 23.0 Å². The van der Waals surface area contributed by atoms with Crippen molar-refractivity contribution in [1.29, 1.82) is 0 Å². The van der Waals surface area contributed by atoms with Gasteiger partial charge in [0.25, 0.3) is 0 Å². The fourth-order valence-corrected chi connectivity index (χ4v) is 0.527. The van der Waals surface area contributed by atoms with Crippen molar-refractivity contribution in [3.05, 3.63) is 17.1 Å². The summed E-state index contributed by atoms with van der Waals surface area (Å²) in [6, 6.07) is 0. The van der Waals surface area contributed by atoms with Gasteiger partial charge < -0.3 is 0 Å². The van der Waals surface area contributed by atoms with Gasteiger partial charge in [0.1, 0.15) is 0 Å². The topological polar surface area (TPSA) is 12.9 Å². The summed E-state index contributed by atoms with van der Waals surface area (Å²) >= 11 is 1.60.